The van der Waals surface area contributed by atoms with E-state index in [9.17, 15) is 0 Å². The van der Waals surface area contributed by atoms with Crippen LogP contribution in [0.15, 0.2) is 36.4 Å². The molecular weight excluding hydrogens is 442 g/mol. The maximum absolute atomic E-state index is 6.22. The standard InChI is InChI=1S/C23H26ClN7O2/c1-15-2-4-17(11-18(15)24)26-23-28-21(27-22(25)29-23)13-31-8-6-30(7-9-31)12-16-3-5-19-20(10-16)33-14-32-19/h2-5,10-11H,6-9,12-14H2,1H3,(H3,25,26,27,28,29)/p+2. The summed E-state index contributed by atoms with van der Waals surface area (Å²) in [5.74, 6) is 3.02. The highest BCUT2D eigenvalue weighted by molar-refractivity contribution is 6.31. The van der Waals surface area contributed by atoms with Crippen LogP contribution < -0.4 is 30.3 Å². The van der Waals surface area contributed by atoms with Crippen molar-refractivity contribution in [3.8, 4) is 11.5 Å². The maximum atomic E-state index is 6.22. The number of hydrogen-bond acceptors (Lipinski definition) is 7. The lowest BCUT2D eigenvalue weighted by Gasteiger charge is -2.29. The van der Waals surface area contributed by atoms with Crippen molar-refractivity contribution in [1.29, 1.82) is 0 Å². The van der Waals surface area contributed by atoms with Gasteiger partial charge in [0.1, 0.15) is 39.3 Å². The molecule has 1 fully saturated rings. The Bertz CT molecular complexity index is 1150. The summed E-state index contributed by atoms with van der Waals surface area (Å²) in [7, 11) is 0. The van der Waals surface area contributed by atoms with Gasteiger partial charge in [-0.2, -0.15) is 15.0 Å². The first-order chi connectivity index (χ1) is 16.0. The van der Waals surface area contributed by atoms with E-state index in [0.29, 0.717) is 30.1 Å². The smallest absolute Gasteiger partial charge is 0.232 e. The van der Waals surface area contributed by atoms with Gasteiger partial charge in [0, 0.05) is 16.3 Å². The molecule has 1 aromatic heterocycles. The van der Waals surface area contributed by atoms with Gasteiger partial charge in [-0.15, -0.1) is 0 Å². The number of piperazine rings is 1. The second-order valence-corrected chi connectivity index (χ2v) is 8.97. The molecule has 10 heteroatoms. The molecule has 9 nitrogen and oxygen atoms in total. The zero-order valence-electron chi connectivity index (χ0n) is 18.5. The van der Waals surface area contributed by atoms with E-state index in [0.717, 1.165) is 55.5 Å². The number of nitrogen functional groups attached to an aromatic ring is 1. The van der Waals surface area contributed by atoms with Gasteiger partial charge in [0.25, 0.3) is 0 Å². The summed E-state index contributed by atoms with van der Waals surface area (Å²) in [5.41, 5.74) is 9.06. The number of fused-ring (bicyclic) bond motifs is 1. The van der Waals surface area contributed by atoms with Crippen LogP contribution in [0.2, 0.25) is 5.02 Å². The number of aromatic nitrogens is 3. The van der Waals surface area contributed by atoms with Crippen molar-refractivity contribution in [2.24, 2.45) is 0 Å². The lowest BCUT2D eigenvalue weighted by molar-refractivity contribution is -1.02. The van der Waals surface area contributed by atoms with Crippen molar-refractivity contribution in [3.63, 3.8) is 0 Å². The minimum atomic E-state index is 0.215. The fraction of sp³-hybridized carbons (Fsp3) is 0.348. The van der Waals surface area contributed by atoms with Gasteiger partial charge in [-0.05, 0) is 42.8 Å². The molecule has 0 aliphatic carbocycles. The quantitative estimate of drug-likeness (QED) is 0.413. The lowest BCUT2D eigenvalue weighted by atomic mass is 10.1. The third-order valence-corrected chi connectivity index (χ3v) is 6.50. The monoisotopic (exact) mass is 469 g/mol. The highest BCUT2D eigenvalue weighted by Gasteiger charge is 2.25. The molecule has 0 bridgehead atoms. The first-order valence-electron chi connectivity index (χ1n) is 11.1. The molecular formula is C23H28ClN7O2+2. The normalized spacial score (nSPS) is 19.5. The Balaban J connectivity index is 1.17. The molecule has 0 saturated carbocycles. The Morgan fingerprint density at radius 2 is 1.70 bits per heavy atom. The van der Waals surface area contributed by atoms with Crippen LogP contribution in [0.3, 0.4) is 0 Å². The summed E-state index contributed by atoms with van der Waals surface area (Å²) < 4.78 is 10.9. The van der Waals surface area contributed by atoms with Crippen molar-refractivity contribution in [3.05, 3.63) is 58.4 Å². The Kier molecular flexibility index (Phi) is 6.17. The third-order valence-electron chi connectivity index (χ3n) is 6.09. The Morgan fingerprint density at radius 1 is 0.939 bits per heavy atom. The van der Waals surface area contributed by atoms with Gasteiger partial charge >= 0.3 is 0 Å². The zero-order chi connectivity index (χ0) is 22.8. The molecule has 1 saturated heterocycles. The SMILES string of the molecule is Cc1ccc(Nc2nc(N)nc(C[NH+]3CC[NH+](Cc4ccc5c(c4)OCO5)CC3)n2)cc1Cl. The molecule has 2 aliphatic rings. The molecule has 5 rings (SSSR count). The molecule has 0 atom stereocenters. The number of nitrogens with two attached hydrogens (primary N) is 1. The number of quaternary nitrogens is 2. The molecule has 172 valence electrons. The molecule has 3 heterocycles. The van der Waals surface area contributed by atoms with E-state index in [1.54, 1.807) is 4.90 Å². The van der Waals surface area contributed by atoms with E-state index in [1.807, 2.05) is 31.2 Å². The molecule has 0 unspecified atom stereocenters. The molecule has 2 aliphatic heterocycles. The molecule has 0 radical (unpaired) electrons. The summed E-state index contributed by atoms with van der Waals surface area (Å²) >= 11 is 6.22. The van der Waals surface area contributed by atoms with E-state index < -0.39 is 0 Å². The number of nitrogens with zero attached hydrogens (tertiary/aromatic N) is 3. The topological polar surface area (TPSA) is 104 Å². The fourth-order valence-electron chi connectivity index (χ4n) is 4.25. The number of halogens is 1. The largest absolute Gasteiger partial charge is 0.454 e. The summed E-state index contributed by atoms with van der Waals surface area (Å²) in [5, 5.41) is 3.87. The van der Waals surface area contributed by atoms with Gasteiger partial charge in [0.15, 0.2) is 17.3 Å². The van der Waals surface area contributed by atoms with E-state index >= 15 is 0 Å². The highest BCUT2D eigenvalue weighted by Crippen LogP contribution is 2.32. The van der Waals surface area contributed by atoms with Gasteiger partial charge in [0.2, 0.25) is 18.7 Å². The predicted molar refractivity (Wildman–Crippen MR) is 125 cm³/mol. The van der Waals surface area contributed by atoms with Crippen molar-refractivity contribution in [1.82, 2.24) is 15.0 Å². The second-order valence-electron chi connectivity index (χ2n) is 8.56. The lowest BCUT2D eigenvalue weighted by Crippen LogP contribution is -3.27. The number of ether oxygens (including phenoxy) is 2. The van der Waals surface area contributed by atoms with Gasteiger partial charge in [0.05, 0.1) is 0 Å². The molecule has 0 amide bonds. The number of benzene rings is 2. The van der Waals surface area contributed by atoms with E-state index in [4.69, 9.17) is 26.8 Å². The van der Waals surface area contributed by atoms with Crippen LogP contribution in [-0.4, -0.2) is 47.9 Å². The van der Waals surface area contributed by atoms with Gasteiger partial charge < -0.3 is 30.3 Å². The number of rotatable bonds is 6. The van der Waals surface area contributed by atoms with Crippen LogP contribution in [0.5, 0.6) is 11.5 Å². The summed E-state index contributed by atoms with van der Waals surface area (Å²) in [4.78, 5) is 16.2. The molecule has 5 N–H and O–H groups in total. The molecule has 3 aromatic rings. The Hall–Kier alpha value is -3.14. The van der Waals surface area contributed by atoms with Crippen molar-refractivity contribution in [2.75, 3.05) is 44.0 Å². The zero-order valence-corrected chi connectivity index (χ0v) is 19.3. The van der Waals surface area contributed by atoms with Crippen LogP contribution in [0, 0.1) is 6.92 Å². The van der Waals surface area contributed by atoms with E-state index in [1.165, 1.54) is 10.5 Å². The van der Waals surface area contributed by atoms with E-state index in [-0.39, 0.29) is 5.95 Å². The van der Waals surface area contributed by atoms with Crippen molar-refractivity contribution in [2.45, 2.75) is 20.0 Å². The average Bonchev–Trinajstić information content (AvgIpc) is 3.25. The summed E-state index contributed by atoms with van der Waals surface area (Å²) in [6.07, 6.45) is 0. The predicted octanol–water partition coefficient (Wildman–Crippen LogP) is 0.372. The first kappa shape index (κ1) is 21.7. The molecule has 2 aromatic carbocycles. The average molecular weight is 470 g/mol. The summed E-state index contributed by atoms with van der Waals surface area (Å²) in [6, 6.07) is 12.0. The number of nitrogens with one attached hydrogen (secondary N) is 3. The molecule has 33 heavy (non-hydrogen) atoms. The number of hydrogen-bond donors (Lipinski definition) is 4. The fourth-order valence-corrected chi connectivity index (χ4v) is 4.43. The van der Waals surface area contributed by atoms with Gasteiger partial charge in [-0.1, -0.05) is 17.7 Å². The second kappa shape index (κ2) is 9.38. The van der Waals surface area contributed by atoms with Crippen LogP contribution in [0.1, 0.15) is 17.0 Å². The number of anilines is 3. The van der Waals surface area contributed by atoms with Crippen LogP contribution in [0.4, 0.5) is 17.6 Å². The van der Waals surface area contributed by atoms with Gasteiger partial charge in [-0.25, -0.2) is 0 Å². The number of aryl methyl sites for hydroxylation is 1. The van der Waals surface area contributed by atoms with Crippen molar-refractivity contribution >= 4 is 29.2 Å². The maximum Gasteiger partial charge on any atom is 0.232 e. The highest BCUT2D eigenvalue weighted by atomic mass is 35.5. The Labute approximate surface area is 197 Å². The Morgan fingerprint density at radius 3 is 2.48 bits per heavy atom. The van der Waals surface area contributed by atoms with Gasteiger partial charge in [-0.3, -0.25) is 0 Å². The molecule has 0 spiro atoms. The minimum absolute atomic E-state index is 0.215. The minimum Gasteiger partial charge on any atom is -0.454 e. The van der Waals surface area contributed by atoms with Crippen LogP contribution in [-0.2, 0) is 13.1 Å². The van der Waals surface area contributed by atoms with E-state index in [2.05, 4.69) is 32.4 Å². The van der Waals surface area contributed by atoms with Crippen molar-refractivity contribution < 1.29 is 19.3 Å². The first-order valence-corrected chi connectivity index (χ1v) is 11.5. The van der Waals surface area contributed by atoms with Crippen LogP contribution in [0.25, 0.3) is 0 Å². The third kappa shape index (κ3) is 5.27. The summed E-state index contributed by atoms with van der Waals surface area (Å²) in [6.45, 7) is 8.22. The van der Waals surface area contributed by atoms with Crippen LogP contribution >= 0.6 is 11.6 Å².